The van der Waals surface area contributed by atoms with Gasteiger partial charge in [-0.1, -0.05) is 5.16 Å². The van der Waals surface area contributed by atoms with Crippen molar-refractivity contribution in [3.63, 3.8) is 0 Å². The second kappa shape index (κ2) is 8.88. The Hall–Kier alpha value is -4.83. The molecule has 1 saturated heterocycles. The fraction of sp³-hybridized carbons (Fsp3) is 0.217. The molecule has 200 valence electrons. The lowest BCUT2D eigenvalue weighted by molar-refractivity contribution is -0.143. The van der Waals surface area contributed by atoms with Crippen molar-refractivity contribution < 1.29 is 32.3 Å². The molecule has 4 N–H and O–H groups in total. The fourth-order valence-corrected chi connectivity index (χ4v) is 4.33. The number of nitrogens with two attached hydrogens (primary N) is 1. The summed E-state index contributed by atoms with van der Waals surface area (Å²) in [7, 11) is 0. The van der Waals surface area contributed by atoms with Crippen molar-refractivity contribution in [1.82, 2.24) is 29.9 Å². The molecule has 2 atom stereocenters. The molecule has 1 aliphatic rings. The predicted molar refractivity (Wildman–Crippen MR) is 128 cm³/mol. The van der Waals surface area contributed by atoms with Crippen LogP contribution in [0.15, 0.2) is 52.0 Å². The summed E-state index contributed by atoms with van der Waals surface area (Å²) in [5.74, 6) is -0.688. The number of hydrogen-bond donors (Lipinski definition) is 3. The lowest BCUT2D eigenvalue weighted by Crippen LogP contribution is -2.50. The summed E-state index contributed by atoms with van der Waals surface area (Å²) >= 11 is 0. The van der Waals surface area contributed by atoms with Crippen molar-refractivity contribution >= 4 is 39.4 Å². The minimum Gasteiger partial charge on any atom is -0.382 e. The summed E-state index contributed by atoms with van der Waals surface area (Å²) in [5, 5.41) is 19.3. The molecule has 1 unspecified atom stereocenters. The van der Waals surface area contributed by atoms with Gasteiger partial charge in [-0.2, -0.15) is 18.2 Å². The third kappa shape index (κ3) is 4.15. The van der Waals surface area contributed by atoms with Crippen molar-refractivity contribution in [2.24, 2.45) is 0 Å². The van der Waals surface area contributed by atoms with Crippen molar-refractivity contribution in [3.05, 3.63) is 64.6 Å². The maximum atomic E-state index is 13.3. The standard InChI is InChI=1S/C23H17F3N8O5/c24-23(25,26)13-9-10(3-5-28-13)34-6-4-14(31-34)33-7-8-38-18(22(33)37)16(35)20-29-12-2-1-11-17(39-32-19(11)27)15(12)21(36)30-20/h1-6,9,16,18,35H,7-8H2,(H2,27,32)(H,29,30,36)/t16?,18-/m1/s1. The number of aliphatic hydroxyl groups excluding tert-OH is 1. The zero-order chi connectivity index (χ0) is 27.5. The number of carbonyl (C=O) groups is 1. The average Bonchev–Trinajstić information content (AvgIpc) is 3.55. The normalized spacial score (nSPS) is 17.3. The number of alkyl halides is 3. The number of aromatic nitrogens is 6. The fourth-order valence-electron chi connectivity index (χ4n) is 4.33. The number of benzene rings is 1. The summed E-state index contributed by atoms with van der Waals surface area (Å²) in [5.41, 5.74) is 4.38. The van der Waals surface area contributed by atoms with Crippen LogP contribution in [0.1, 0.15) is 17.6 Å². The first-order valence-corrected chi connectivity index (χ1v) is 11.4. The van der Waals surface area contributed by atoms with Gasteiger partial charge < -0.3 is 25.1 Å². The van der Waals surface area contributed by atoms with Gasteiger partial charge in [0.15, 0.2) is 23.3 Å². The van der Waals surface area contributed by atoms with E-state index in [0.717, 1.165) is 12.3 Å². The highest BCUT2D eigenvalue weighted by Gasteiger charge is 2.39. The van der Waals surface area contributed by atoms with Gasteiger partial charge in [0.25, 0.3) is 11.5 Å². The van der Waals surface area contributed by atoms with Gasteiger partial charge in [0.05, 0.1) is 29.7 Å². The second-order valence-corrected chi connectivity index (χ2v) is 8.60. The minimum absolute atomic E-state index is 0.00355. The van der Waals surface area contributed by atoms with Gasteiger partial charge in [0.2, 0.25) is 0 Å². The van der Waals surface area contributed by atoms with Gasteiger partial charge in [-0.3, -0.25) is 19.5 Å². The average molecular weight is 542 g/mol. The van der Waals surface area contributed by atoms with E-state index in [2.05, 4.69) is 25.2 Å². The number of hydrogen-bond acceptors (Lipinski definition) is 10. The molecule has 0 spiro atoms. The van der Waals surface area contributed by atoms with Gasteiger partial charge in [0.1, 0.15) is 23.0 Å². The van der Waals surface area contributed by atoms with Gasteiger partial charge in [-0.15, -0.1) is 5.10 Å². The number of nitrogen functional groups attached to an aromatic ring is 1. The number of anilines is 2. The Balaban J connectivity index is 1.28. The molecule has 4 aromatic heterocycles. The number of amides is 1. The predicted octanol–water partition coefficient (Wildman–Crippen LogP) is 1.71. The molecule has 1 fully saturated rings. The number of ether oxygens (including phenoxy) is 1. The summed E-state index contributed by atoms with van der Waals surface area (Å²) in [6.07, 6.45) is -5.36. The Kier molecular flexibility index (Phi) is 5.58. The van der Waals surface area contributed by atoms with E-state index >= 15 is 0 Å². The van der Waals surface area contributed by atoms with Crippen LogP contribution < -0.4 is 16.2 Å². The zero-order valence-corrected chi connectivity index (χ0v) is 19.6. The quantitative estimate of drug-likeness (QED) is 0.303. The Morgan fingerprint density at radius 3 is 2.82 bits per heavy atom. The summed E-state index contributed by atoms with van der Waals surface area (Å²) < 4.78 is 51.0. The Morgan fingerprint density at radius 1 is 1.21 bits per heavy atom. The number of halogens is 3. The Labute approximate surface area is 214 Å². The molecule has 0 aliphatic carbocycles. The third-order valence-electron chi connectivity index (χ3n) is 6.21. The van der Waals surface area contributed by atoms with Crippen LogP contribution in [0.2, 0.25) is 0 Å². The molecule has 6 rings (SSSR count). The maximum absolute atomic E-state index is 13.3. The van der Waals surface area contributed by atoms with Gasteiger partial charge >= 0.3 is 6.18 Å². The van der Waals surface area contributed by atoms with Gasteiger partial charge in [0, 0.05) is 18.5 Å². The molecule has 1 aliphatic heterocycles. The van der Waals surface area contributed by atoms with Crippen LogP contribution in [-0.4, -0.2) is 60.2 Å². The number of nitrogens with one attached hydrogen (secondary N) is 1. The van der Waals surface area contributed by atoms with Crippen molar-refractivity contribution in [2.75, 3.05) is 23.8 Å². The van der Waals surface area contributed by atoms with E-state index in [-0.39, 0.29) is 52.8 Å². The molecular formula is C23H17F3N8O5. The van der Waals surface area contributed by atoms with E-state index in [1.165, 1.54) is 34.0 Å². The van der Waals surface area contributed by atoms with Crippen LogP contribution in [0.25, 0.3) is 27.6 Å². The SMILES string of the molecule is Nc1noc2c1ccc1[nH]c(C(O)[C@H]3OCCN(c4ccn(-c5ccnc(C(F)(F)F)c5)n4)C3=O)nc(=O)c12. The molecule has 1 aromatic carbocycles. The summed E-state index contributed by atoms with van der Waals surface area (Å²) in [4.78, 5) is 37.3. The molecule has 5 aromatic rings. The molecule has 13 nitrogen and oxygen atoms in total. The number of nitrogens with zero attached hydrogens (tertiary/aromatic N) is 6. The van der Waals surface area contributed by atoms with Crippen molar-refractivity contribution in [2.45, 2.75) is 18.4 Å². The van der Waals surface area contributed by atoms with Crippen LogP contribution in [-0.2, 0) is 15.7 Å². The summed E-state index contributed by atoms with van der Waals surface area (Å²) in [6.45, 7) is 0.0688. The zero-order valence-electron chi connectivity index (χ0n) is 19.6. The summed E-state index contributed by atoms with van der Waals surface area (Å²) in [6, 6.07) is 6.72. The number of aliphatic hydroxyl groups is 1. The highest BCUT2D eigenvalue weighted by Crippen LogP contribution is 2.30. The molecule has 1 amide bonds. The molecular weight excluding hydrogens is 525 g/mol. The van der Waals surface area contributed by atoms with E-state index in [4.69, 9.17) is 15.0 Å². The molecule has 0 saturated carbocycles. The van der Waals surface area contributed by atoms with Gasteiger partial charge in [-0.05, 0) is 24.3 Å². The van der Waals surface area contributed by atoms with Gasteiger partial charge in [-0.25, -0.2) is 4.68 Å². The topological polar surface area (TPSA) is 178 Å². The first-order valence-electron chi connectivity index (χ1n) is 11.4. The van der Waals surface area contributed by atoms with E-state index in [0.29, 0.717) is 5.39 Å². The second-order valence-electron chi connectivity index (χ2n) is 8.60. The Morgan fingerprint density at radius 2 is 2.03 bits per heavy atom. The molecule has 5 heterocycles. The number of pyridine rings is 1. The number of aromatic amines is 1. The monoisotopic (exact) mass is 542 g/mol. The highest BCUT2D eigenvalue weighted by atomic mass is 19.4. The first-order chi connectivity index (χ1) is 18.6. The largest absolute Gasteiger partial charge is 0.433 e. The van der Waals surface area contributed by atoms with Crippen molar-refractivity contribution in [3.8, 4) is 5.69 Å². The van der Waals surface area contributed by atoms with E-state index < -0.39 is 35.5 Å². The van der Waals surface area contributed by atoms with Crippen LogP contribution >= 0.6 is 0 Å². The third-order valence-corrected chi connectivity index (χ3v) is 6.21. The molecule has 16 heteroatoms. The first kappa shape index (κ1) is 24.5. The smallest absolute Gasteiger partial charge is 0.382 e. The van der Waals surface area contributed by atoms with E-state index in [9.17, 15) is 27.9 Å². The number of carbonyl (C=O) groups excluding carboxylic acids is 1. The molecule has 0 bridgehead atoms. The molecule has 0 radical (unpaired) electrons. The van der Waals surface area contributed by atoms with Crippen LogP contribution in [0.4, 0.5) is 24.8 Å². The number of H-pyrrole nitrogens is 1. The highest BCUT2D eigenvalue weighted by molar-refractivity contribution is 6.05. The van der Waals surface area contributed by atoms with Crippen LogP contribution in [0.3, 0.4) is 0 Å². The number of fused-ring (bicyclic) bond motifs is 3. The van der Waals surface area contributed by atoms with Crippen LogP contribution in [0, 0.1) is 0 Å². The molecule has 39 heavy (non-hydrogen) atoms. The minimum atomic E-state index is -4.64. The number of morpholine rings is 1. The van der Waals surface area contributed by atoms with Crippen molar-refractivity contribution in [1.29, 1.82) is 0 Å². The van der Waals surface area contributed by atoms with E-state index in [1.54, 1.807) is 6.07 Å². The number of rotatable bonds is 4. The lowest BCUT2D eigenvalue weighted by Gasteiger charge is -2.32. The Bertz CT molecular complexity index is 1800. The lowest BCUT2D eigenvalue weighted by atomic mass is 10.1. The van der Waals surface area contributed by atoms with E-state index in [1.807, 2.05) is 0 Å². The van der Waals surface area contributed by atoms with Crippen LogP contribution in [0.5, 0.6) is 0 Å². The maximum Gasteiger partial charge on any atom is 0.433 e.